The third-order valence-electron chi connectivity index (χ3n) is 4.25. The summed E-state index contributed by atoms with van der Waals surface area (Å²) < 4.78 is 11.0. The standard InChI is InChI=1S/C19H19ClN2O4S/c1-25-14-5-3-4-11(17(14)26-2)18-12-8-10(20)6-7-13(12)22-19(24)15(27-18)9-16(21)23/h3-8,15,18H,9H2,1-2H3,(H2,21,23)(H,22,24). The Hall–Kier alpha value is -2.38. The molecular weight excluding hydrogens is 388 g/mol. The quantitative estimate of drug-likeness (QED) is 0.794. The van der Waals surface area contributed by atoms with Crippen LogP contribution in [0.2, 0.25) is 5.02 Å². The number of amides is 2. The van der Waals surface area contributed by atoms with Crippen LogP contribution in [0.4, 0.5) is 5.69 Å². The molecule has 142 valence electrons. The smallest absolute Gasteiger partial charge is 0.238 e. The van der Waals surface area contributed by atoms with Crippen LogP contribution in [-0.2, 0) is 9.59 Å². The van der Waals surface area contributed by atoms with Crippen LogP contribution in [0.25, 0.3) is 0 Å². The monoisotopic (exact) mass is 406 g/mol. The van der Waals surface area contributed by atoms with Gasteiger partial charge in [0, 0.05) is 22.7 Å². The number of ether oxygens (including phenoxy) is 2. The highest BCUT2D eigenvalue weighted by atomic mass is 35.5. The number of carbonyl (C=O) groups is 2. The lowest BCUT2D eigenvalue weighted by atomic mass is 10.0. The number of halogens is 1. The Morgan fingerprint density at radius 3 is 2.67 bits per heavy atom. The molecule has 0 fully saturated rings. The summed E-state index contributed by atoms with van der Waals surface area (Å²) in [6.45, 7) is 0. The third kappa shape index (κ3) is 3.99. The predicted molar refractivity (Wildman–Crippen MR) is 107 cm³/mol. The zero-order valence-electron chi connectivity index (χ0n) is 14.8. The Balaban J connectivity index is 2.18. The molecule has 2 aromatic rings. The van der Waals surface area contributed by atoms with E-state index in [2.05, 4.69) is 5.32 Å². The number of rotatable bonds is 5. The normalized spacial score (nSPS) is 18.9. The molecule has 6 nitrogen and oxygen atoms in total. The number of hydrogen-bond acceptors (Lipinski definition) is 5. The fraction of sp³-hybridized carbons (Fsp3) is 0.263. The summed E-state index contributed by atoms with van der Waals surface area (Å²) in [5.41, 5.74) is 7.63. The number of benzene rings is 2. The molecule has 8 heteroatoms. The Labute approximate surface area is 166 Å². The summed E-state index contributed by atoms with van der Waals surface area (Å²) >= 11 is 7.55. The molecule has 2 unspecified atom stereocenters. The first-order valence-corrected chi connectivity index (χ1v) is 9.51. The average Bonchev–Trinajstić information content (AvgIpc) is 2.77. The summed E-state index contributed by atoms with van der Waals surface area (Å²) in [4.78, 5) is 24.1. The van der Waals surface area contributed by atoms with Crippen molar-refractivity contribution >= 4 is 40.9 Å². The van der Waals surface area contributed by atoms with Crippen LogP contribution in [0.3, 0.4) is 0 Å². The van der Waals surface area contributed by atoms with Gasteiger partial charge in [-0.05, 0) is 29.8 Å². The Bertz CT molecular complexity index is 890. The van der Waals surface area contributed by atoms with Crippen LogP contribution < -0.4 is 20.5 Å². The Kier molecular flexibility index (Phi) is 5.82. The zero-order chi connectivity index (χ0) is 19.6. The number of nitrogens with one attached hydrogen (secondary N) is 1. The van der Waals surface area contributed by atoms with Gasteiger partial charge in [0.15, 0.2) is 11.5 Å². The van der Waals surface area contributed by atoms with Crippen LogP contribution >= 0.6 is 23.4 Å². The van der Waals surface area contributed by atoms with Crippen LogP contribution in [0.1, 0.15) is 22.8 Å². The van der Waals surface area contributed by atoms with Gasteiger partial charge in [0.25, 0.3) is 0 Å². The number of nitrogens with two attached hydrogens (primary N) is 1. The van der Waals surface area contributed by atoms with E-state index in [1.54, 1.807) is 38.5 Å². The SMILES string of the molecule is COc1cccc(C2SC(CC(N)=O)C(=O)Nc3ccc(Cl)cc32)c1OC. The molecule has 0 bridgehead atoms. The number of carbonyl (C=O) groups excluding carboxylic acids is 2. The van der Waals surface area contributed by atoms with Crippen molar-refractivity contribution in [2.45, 2.75) is 16.9 Å². The molecule has 2 aromatic carbocycles. The summed E-state index contributed by atoms with van der Waals surface area (Å²) in [6.07, 6.45) is -0.0684. The van der Waals surface area contributed by atoms with Gasteiger partial charge in [0.1, 0.15) is 0 Å². The van der Waals surface area contributed by atoms with Crippen molar-refractivity contribution in [1.29, 1.82) is 0 Å². The second-order valence-corrected chi connectivity index (χ2v) is 7.73. The second-order valence-electron chi connectivity index (χ2n) is 5.98. The number of thioether (sulfide) groups is 1. The number of hydrogen-bond donors (Lipinski definition) is 2. The van der Waals surface area contributed by atoms with Crippen molar-refractivity contribution < 1.29 is 19.1 Å². The molecule has 0 saturated carbocycles. The summed E-state index contributed by atoms with van der Waals surface area (Å²) in [5, 5.41) is 2.46. The summed E-state index contributed by atoms with van der Waals surface area (Å²) in [5.74, 6) is 0.333. The lowest BCUT2D eigenvalue weighted by Gasteiger charge is -2.23. The number of primary amides is 1. The molecule has 0 aromatic heterocycles. The fourth-order valence-corrected chi connectivity index (χ4v) is 4.69. The van der Waals surface area contributed by atoms with Crippen molar-refractivity contribution in [3.8, 4) is 11.5 Å². The molecule has 3 rings (SSSR count). The van der Waals surface area contributed by atoms with Gasteiger partial charge in [-0.15, -0.1) is 11.8 Å². The average molecular weight is 407 g/mol. The van der Waals surface area contributed by atoms with Crippen molar-refractivity contribution in [3.05, 3.63) is 52.5 Å². The predicted octanol–water partition coefficient (Wildman–Crippen LogP) is 3.38. The van der Waals surface area contributed by atoms with Gasteiger partial charge in [0.2, 0.25) is 11.8 Å². The molecule has 3 N–H and O–H groups in total. The van der Waals surface area contributed by atoms with Gasteiger partial charge in [-0.3, -0.25) is 9.59 Å². The minimum atomic E-state index is -0.644. The maximum absolute atomic E-state index is 12.6. The minimum Gasteiger partial charge on any atom is -0.493 e. The van der Waals surface area contributed by atoms with Gasteiger partial charge >= 0.3 is 0 Å². The van der Waals surface area contributed by atoms with Gasteiger partial charge in [-0.25, -0.2) is 0 Å². The lowest BCUT2D eigenvalue weighted by molar-refractivity contribution is -0.121. The third-order valence-corrected chi connectivity index (χ3v) is 5.97. The topological polar surface area (TPSA) is 90.7 Å². The van der Waals surface area contributed by atoms with E-state index in [-0.39, 0.29) is 17.6 Å². The van der Waals surface area contributed by atoms with Crippen molar-refractivity contribution in [3.63, 3.8) is 0 Å². The lowest BCUT2D eigenvalue weighted by Crippen LogP contribution is -2.29. The fourth-order valence-electron chi connectivity index (χ4n) is 3.06. The van der Waals surface area contributed by atoms with E-state index in [1.807, 2.05) is 12.1 Å². The maximum Gasteiger partial charge on any atom is 0.238 e. The van der Waals surface area contributed by atoms with Crippen LogP contribution in [0.5, 0.6) is 11.5 Å². The molecule has 0 spiro atoms. The molecule has 0 radical (unpaired) electrons. The van der Waals surface area contributed by atoms with E-state index in [0.717, 1.165) is 11.1 Å². The van der Waals surface area contributed by atoms with Crippen molar-refractivity contribution in [2.24, 2.45) is 5.73 Å². The highest BCUT2D eigenvalue weighted by Gasteiger charge is 2.34. The molecule has 2 atom stereocenters. The van der Waals surface area contributed by atoms with Crippen LogP contribution in [0.15, 0.2) is 36.4 Å². The molecule has 1 heterocycles. The molecule has 0 saturated heterocycles. The Morgan fingerprint density at radius 1 is 1.22 bits per heavy atom. The Morgan fingerprint density at radius 2 is 2.00 bits per heavy atom. The number of methoxy groups -OCH3 is 2. The zero-order valence-corrected chi connectivity index (χ0v) is 16.4. The van der Waals surface area contributed by atoms with E-state index >= 15 is 0 Å². The second kappa shape index (κ2) is 8.10. The molecule has 0 aliphatic carbocycles. The van der Waals surface area contributed by atoms with Gasteiger partial charge < -0.3 is 20.5 Å². The van der Waals surface area contributed by atoms with E-state index in [0.29, 0.717) is 22.2 Å². The molecule has 2 amide bonds. The van der Waals surface area contributed by atoms with E-state index in [4.69, 9.17) is 26.8 Å². The summed E-state index contributed by atoms with van der Waals surface area (Å²) in [6, 6.07) is 10.8. The summed E-state index contributed by atoms with van der Waals surface area (Å²) in [7, 11) is 3.12. The van der Waals surface area contributed by atoms with Crippen LogP contribution in [0, 0.1) is 0 Å². The van der Waals surface area contributed by atoms with Gasteiger partial charge in [-0.2, -0.15) is 0 Å². The maximum atomic E-state index is 12.6. The molecular formula is C19H19ClN2O4S. The van der Waals surface area contributed by atoms with E-state index < -0.39 is 11.2 Å². The molecule has 1 aliphatic heterocycles. The van der Waals surface area contributed by atoms with Gasteiger partial charge in [-0.1, -0.05) is 23.7 Å². The largest absolute Gasteiger partial charge is 0.493 e. The number of fused-ring (bicyclic) bond motifs is 1. The first-order chi connectivity index (χ1) is 12.9. The number of anilines is 1. The minimum absolute atomic E-state index is 0.0684. The van der Waals surface area contributed by atoms with E-state index in [1.165, 1.54) is 11.8 Å². The van der Waals surface area contributed by atoms with Crippen molar-refractivity contribution in [2.75, 3.05) is 19.5 Å². The van der Waals surface area contributed by atoms with Crippen LogP contribution in [-0.4, -0.2) is 31.3 Å². The van der Waals surface area contributed by atoms with E-state index in [9.17, 15) is 9.59 Å². The highest BCUT2D eigenvalue weighted by molar-refractivity contribution is 8.01. The van der Waals surface area contributed by atoms with Crippen molar-refractivity contribution in [1.82, 2.24) is 0 Å². The first-order valence-electron chi connectivity index (χ1n) is 8.19. The molecule has 1 aliphatic rings. The number of para-hydroxylation sites is 1. The first kappa shape index (κ1) is 19.4. The molecule has 27 heavy (non-hydrogen) atoms. The van der Waals surface area contributed by atoms with Gasteiger partial charge in [0.05, 0.1) is 24.7 Å². The highest BCUT2D eigenvalue weighted by Crippen LogP contribution is 2.49.